The van der Waals surface area contributed by atoms with Crippen molar-refractivity contribution in [2.75, 3.05) is 6.61 Å². The van der Waals surface area contributed by atoms with Crippen LogP contribution in [0.2, 0.25) is 0 Å². The molecular weight excluding hydrogens is 250 g/mol. The lowest BCUT2D eigenvalue weighted by Crippen LogP contribution is -2.00. The maximum absolute atomic E-state index is 5.67. The smallest absolute Gasteiger partial charge is 0.120 e. The van der Waals surface area contributed by atoms with Gasteiger partial charge in [-0.1, -0.05) is 6.92 Å². The van der Waals surface area contributed by atoms with Crippen LogP contribution in [0.3, 0.4) is 0 Å². The average molecular weight is 269 g/mol. The molecule has 0 aliphatic heterocycles. The fourth-order valence-corrected chi connectivity index (χ4v) is 2.35. The van der Waals surface area contributed by atoms with Gasteiger partial charge in [0, 0.05) is 30.3 Å². The van der Waals surface area contributed by atoms with Gasteiger partial charge in [-0.2, -0.15) is 5.10 Å². The van der Waals surface area contributed by atoms with Crippen LogP contribution in [0.15, 0.2) is 42.7 Å². The van der Waals surface area contributed by atoms with Crippen molar-refractivity contribution in [2.45, 2.75) is 19.9 Å². The largest absolute Gasteiger partial charge is 0.494 e. The van der Waals surface area contributed by atoms with Gasteiger partial charge in [-0.3, -0.25) is 4.68 Å². The van der Waals surface area contributed by atoms with E-state index in [1.807, 2.05) is 30.1 Å². The summed E-state index contributed by atoms with van der Waals surface area (Å²) in [6.07, 6.45) is 5.10. The SMILES string of the molecule is CCCOc1ccc2c(ccn2Cc2ccn(C)n2)c1. The Bertz CT molecular complexity index is 711. The number of hydrogen-bond acceptors (Lipinski definition) is 2. The Morgan fingerprint density at radius 1 is 1.15 bits per heavy atom. The molecule has 3 rings (SSSR count). The van der Waals surface area contributed by atoms with Crippen LogP contribution in [0.4, 0.5) is 0 Å². The third kappa shape index (κ3) is 2.54. The molecule has 1 aromatic carbocycles. The minimum Gasteiger partial charge on any atom is -0.494 e. The van der Waals surface area contributed by atoms with Gasteiger partial charge in [0.15, 0.2) is 0 Å². The minimum atomic E-state index is 0.764. The van der Waals surface area contributed by atoms with Crippen molar-refractivity contribution in [1.82, 2.24) is 14.3 Å². The number of hydrogen-bond donors (Lipinski definition) is 0. The number of ether oxygens (including phenoxy) is 1. The second kappa shape index (κ2) is 5.41. The Labute approximate surface area is 118 Å². The fraction of sp³-hybridized carbons (Fsp3) is 0.312. The highest BCUT2D eigenvalue weighted by molar-refractivity contribution is 5.81. The van der Waals surface area contributed by atoms with Crippen molar-refractivity contribution < 1.29 is 4.74 Å². The molecular formula is C16H19N3O. The van der Waals surface area contributed by atoms with Crippen LogP contribution in [0.5, 0.6) is 5.75 Å². The van der Waals surface area contributed by atoms with Gasteiger partial charge in [0.05, 0.1) is 18.8 Å². The lowest BCUT2D eigenvalue weighted by molar-refractivity contribution is 0.318. The van der Waals surface area contributed by atoms with Gasteiger partial charge in [0.2, 0.25) is 0 Å². The monoisotopic (exact) mass is 269 g/mol. The van der Waals surface area contributed by atoms with Crippen LogP contribution >= 0.6 is 0 Å². The van der Waals surface area contributed by atoms with E-state index in [1.54, 1.807) is 0 Å². The topological polar surface area (TPSA) is 32.0 Å². The van der Waals surface area contributed by atoms with Crippen molar-refractivity contribution in [2.24, 2.45) is 7.05 Å². The van der Waals surface area contributed by atoms with Gasteiger partial charge in [0.25, 0.3) is 0 Å². The predicted molar refractivity (Wildman–Crippen MR) is 80.0 cm³/mol. The molecule has 3 aromatic rings. The van der Waals surface area contributed by atoms with Crippen molar-refractivity contribution in [3.63, 3.8) is 0 Å². The minimum absolute atomic E-state index is 0.764. The summed E-state index contributed by atoms with van der Waals surface area (Å²) < 4.78 is 9.71. The molecule has 0 radical (unpaired) electrons. The van der Waals surface area contributed by atoms with E-state index in [4.69, 9.17) is 4.74 Å². The first-order chi connectivity index (χ1) is 9.76. The van der Waals surface area contributed by atoms with E-state index in [0.717, 1.165) is 31.0 Å². The summed E-state index contributed by atoms with van der Waals surface area (Å²) in [4.78, 5) is 0. The predicted octanol–water partition coefficient (Wildman–Crippen LogP) is 3.21. The quantitative estimate of drug-likeness (QED) is 0.712. The van der Waals surface area contributed by atoms with E-state index in [1.165, 1.54) is 10.9 Å². The number of benzene rings is 1. The van der Waals surface area contributed by atoms with Gasteiger partial charge in [-0.05, 0) is 36.8 Å². The Morgan fingerprint density at radius 2 is 2.05 bits per heavy atom. The van der Waals surface area contributed by atoms with E-state index in [-0.39, 0.29) is 0 Å². The van der Waals surface area contributed by atoms with Gasteiger partial charge in [0.1, 0.15) is 5.75 Å². The van der Waals surface area contributed by atoms with Crippen molar-refractivity contribution in [1.29, 1.82) is 0 Å². The maximum Gasteiger partial charge on any atom is 0.120 e. The normalized spacial score (nSPS) is 11.1. The van der Waals surface area contributed by atoms with Gasteiger partial charge >= 0.3 is 0 Å². The number of nitrogens with zero attached hydrogens (tertiary/aromatic N) is 3. The molecule has 0 aliphatic rings. The molecule has 0 aliphatic carbocycles. The van der Waals surface area contributed by atoms with Gasteiger partial charge in [-0.15, -0.1) is 0 Å². The molecule has 0 saturated heterocycles. The van der Waals surface area contributed by atoms with Crippen LogP contribution in [0.25, 0.3) is 10.9 Å². The zero-order valence-electron chi connectivity index (χ0n) is 11.9. The molecule has 2 aromatic heterocycles. The zero-order chi connectivity index (χ0) is 13.9. The van der Waals surface area contributed by atoms with E-state index < -0.39 is 0 Å². The summed E-state index contributed by atoms with van der Waals surface area (Å²) >= 11 is 0. The van der Waals surface area contributed by atoms with E-state index in [9.17, 15) is 0 Å². The first-order valence-corrected chi connectivity index (χ1v) is 6.96. The maximum atomic E-state index is 5.67. The average Bonchev–Trinajstić information content (AvgIpc) is 3.04. The molecule has 104 valence electrons. The standard InChI is InChI=1S/C16H19N3O/c1-3-10-20-15-4-5-16-13(11-15)6-9-19(16)12-14-7-8-18(2)17-14/h4-9,11H,3,10,12H2,1-2H3. The Morgan fingerprint density at radius 3 is 2.80 bits per heavy atom. The summed E-state index contributed by atoms with van der Waals surface area (Å²) in [5.41, 5.74) is 2.27. The van der Waals surface area contributed by atoms with Crippen LogP contribution in [-0.4, -0.2) is 21.0 Å². The molecule has 2 heterocycles. The van der Waals surface area contributed by atoms with Gasteiger partial charge in [-0.25, -0.2) is 0 Å². The molecule has 4 heteroatoms. The lowest BCUT2D eigenvalue weighted by Gasteiger charge is -2.06. The Kier molecular flexibility index (Phi) is 3.46. The number of aryl methyl sites for hydroxylation is 1. The lowest BCUT2D eigenvalue weighted by atomic mass is 10.2. The van der Waals surface area contributed by atoms with E-state index in [2.05, 4.69) is 41.0 Å². The molecule has 0 bridgehead atoms. The molecule has 0 fully saturated rings. The molecule has 0 atom stereocenters. The van der Waals surface area contributed by atoms with Crippen LogP contribution in [0.1, 0.15) is 19.0 Å². The van der Waals surface area contributed by atoms with Crippen LogP contribution in [0, 0.1) is 0 Å². The molecule has 20 heavy (non-hydrogen) atoms. The number of aromatic nitrogens is 3. The second-order valence-corrected chi connectivity index (χ2v) is 4.99. The highest BCUT2D eigenvalue weighted by atomic mass is 16.5. The summed E-state index contributed by atoms with van der Waals surface area (Å²) in [7, 11) is 1.94. The zero-order valence-corrected chi connectivity index (χ0v) is 11.9. The van der Waals surface area contributed by atoms with Crippen LogP contribution < -0.4 is 4.74 Å². The van der Waals surface area contributed by atoms with Crippen LogP contribution in [-0.2, 0) is 13.6 Å². The van der Waals surface area contributed by atoms with E-state index in [0.29, 0.717) is 0 Å². The molecule has 0 saturated carbocycles. The first-order valence-electron chi connectivity index (χ1n) is 6.96. The Hall–Kier alpha value is -2.23. The number of rotatable bonds is 5. The van der Waals surface area contributed by atoms with Crippen molar-refractivity contribution >= 4 is 10.9 Å². The molecule has 0 unspecified atom stereocenters. The van der Waals surface area contributed by atoms with Gasteiger partial charge < -0.3 is 9.30 Å². The van der Waals surface area contributed by atoms with Crippen molar-refractivity contribution in [3.05, 3.63) is 48.4 Å². The third-order valence-corrected chi connectivity index (χ3v) is 3.32. The molecule has 4 nitrogen and oxygen atoms in total. The number of fused-ring (bicyclic) bond motifs is 1. The van der Waals surface area contributed by atoms with E-state index >= 15 is 0 Å². The summed E-state index contributed by atoms with van der Waals surface area (Å²) in [6, 6.07) is 10.4. The summed E-state index contributed by atoms with van der Waals surface area (Å²) in [5, 5.41) is 5.62. The second-order valence-electron chi connectivity index (χ2n) is 4.99. The Balaban J connectivity index is 1.85. The fourth-order valence-electron chi connectivity index (χ4n) is 2.35. The first kappa shape index (κ1) is 12.8. The molecule has 0 amide bonds. The third-order valence-electron chi connectivity index (χ3n) is 3.32. The highest BCUT2D eigenvalue weighted by Crippen LogP contribution is 2.22. The summed E-state index contributed by atoms with van der Waals surface area (Å²) in [5.74, 6) is 0.940. The van der Waals surface area contributed by atoms with Crippen molar-refractivity contribution in [3.8, 4) is 5.75 Å². The molecule has 0 N–H and O–H groups in total. The highest BCUT2D eigenvalue weighted by Gasteiger charge is 2.05. The summed E-state index contributed by atoms with van der Waals surface area (Å²) in [6.45, 7) is 3.67. The molecule has 0 spiro atoms.